The summed E-state index contributed by atoms with van der Waals surface area (Å²) >= 11 is 5.94. The SMILES string of the molecule is O=C([O-])COc1ccc(S(=O)(=O)c2ccc(CCNC[C@H](O)c3cccc(Cl)c3)cc2)cc1.[Na+]. The number of carbonyl (C=O) groups is 1. The number of carbonyl (C=O) groups excluding carboxylic acids is 1. The summed E-state index contributed by atoms with van der Waals surface area (Å²) in [5.41, 5.74) is 1.69. The topological polar surface area (TPSA) is 116 Å². The van der Waals surface area contributed by atoms with Crippen molar-refractivity contribution in [3.8, 4) is 5.75 Å². The van der Waals surface area contributed by atoms with E-state index in [4.69, 9.17) is 16.3 Å². The zero-order valence-corrected chi connectivity index (χ0v) is 22.2. The van der Waals surface area contributed by atoms with E-state index in [2.05, 4.69) is 5.32 Å². The van der Waals surface area contributed by atoms with Gasteiger partial charge in [0.25, 0.3) is 0 Å². The van der Waals surface area contributed by atoms with Gasteiger partial charge in [0.2, 0.25) is 9.84 Å². The quantitative estimate of drug-likeness (QED) is 0.255. The number of carboxylic acids is 1. The number of aliphatic hydroxyl groups excluding tert-OH is 1. The van der Waals surface area contributed by atoms with E-state index in [-0.39, 0.29) is 45.1 Å². The van der Waals surface area contributed by atoms with Crippen LogP contribution in [0.25, 0.3) is 0 Å². The number of rotatable bonds is 11. The first-order chi connectivity index (χ1) is 15.8. The molecule has 0 heterocycles. The van der Waals surface area contributed by atoms with Crippen LogP contribution in [0.4, 0.5) is 0 Å². The number of halogens is 1. The predicted molar refractivity (Wildman–Crippen MR) is 122 cm³/mol. The van der Waals surface area contributed by atoms with Gasteiger partial charge in [-0.05, 0) is 72.6 Å². The second kappa shape index (κ2) is 13.3. The second-order valence-electron chi connectivity index (χ2n) is 7.30. The van der Waals surface area contributed by atoms with Gasteiger partial charge in [0.1, 0.15) is 12.4 Å². The van der Waals surface area contributed by atoms with Crippen molar-refractivity contribution >= 4 is 27.4 Å². The van der Waals surface area contributed by atoms with Gasteiger partial charge < -0.3 is 25.1 Å². The van der Waals surface area contributed by atoms with Crippen LogP contribution < -0.4 is 44.7 Å². The molecule has 3 aromatic rings. The minimum Gasteiger partial charge on any atom is -0.546 e. The third-order valence-corrected chi connectivity index (χ3v) is 6.91. The van der Waals surface area contributed by atoms with E-state index in [0.29, 0.717) is 24.5 Å². The fourth-order valence-corrected chi connectivity index (χ4v) is 4.59. The van der Waals surface area contributed by atoms with E-state index < -0.39 is 28.5 Å². The molecular weight excluding hydrogens is 489 g/mol. The molecule has 2 N–H and O–H groups in total. The van der Waals surface area contributed by atoms with Crippen LogP contribution in [0.1, 0.15) is 17.2 Å². The van der Waals surface area contributed by atoms with Gasteiger partial charge in [-0.3, -0.25) is 0 Å². The second-order valence-corrected chi connectivity index (χ2v) is 9.69. The van der Waals surface area contributed by atoms with Crippen LogP contribution >= 0.6 is 11.6 Å². The number of sulfone groups is 1. The molecule has 0 fully saturated rings. The Labute approximate surface area is 225 Å². The molecule has 0 unspecified atom stereocenters. The molecule has 3 rings (SSSR count). The zero-order chi connectivity index (χ0) is 23.8. The molecule has 10 heteroatoms. The first kappa shape index (κ1) is 28.3. The first-order valence-electron chi connectivity index (χ1n) is 10.2. The van der Waals surface area contributed by atoms with Gasteiger partial charge in [-0.2, -0.15) is 0 Å². The molecule has 174 valence electrons. The number of carboxylic acid groups (broad SMARTS) is 1. The Morgan fingerprint density at radius 1 is 1.03 bits per heavy atom. The van der Waals surface area contributed by atoms with E-state index in [9.17, 15) is 23.4 Å². The Bertz CT molecular complexity index is 1190. The van der Waals surface area contributed by atoms with Crippen LogP contribution in [0, 0.1) is 0 Å². The molecule has 0 aliphatic rings. The van der Waals surface area contributed by atoms with Crippen LogP contribution in [-0.2, 0) is 21.1 Å². The molecular formula is C24H23ClNNaO6S. The van der Waals surface area contributed by atoms with Gasteiger partial charge in [-0.15, -0.1) is 0 Å². The maximum Gasteiger partial charge on any atom is 1.00 e. The zero-order valence-electron chi connectivity index (χ0n) is 18.6. The third-order valence-electron chi connectivity index (χ3n) is 4.89. The predicted octanol–water partition coefficient (Wildman–Crippen LogP) is -0.829. The summed E-state index contributed by atoms with van der Waals surface area (Å²) in [5.74, 6) is -1.12. The smallest absolute Gasteiger partial charge is 0.546 e. The molecule has 0 saturated carbocycles. The van der Waals surface area contributed by atoms with Crippen molar-refractivity contribution in [2.45, 2.75) is 22.3 Å². The van der Waals surface area contributed by atoms with Gasteiger partial charge in [0.05, 0.1) is 21.9 Å². The first-order valence-corrected chi connectivity index (χ1v) is 12.0. The molecule has 0 aromatic heterocycles. The van der Waals surface area contributed by atoms with Gasteiger partial charge >= 0.3 is 29.6 Å². The summed E-state index contributed by atoms with van der Waals surface area (Å²) in [7, 11) is -3.72. The third kappa shape index (κ3) is 8.09. The van der Waals surface area contributed by atoms with E-state index in [1.54, 1.807) is 42.5 Å². The molecule has 0 saturated heterocycles. The number of ether oxygens (including phenoxy) is 1. The number of hydrogen-bond donors (Lipinski definition) is 2. The number of benzene rings is 3. The molecule has 1 atom stereocenters. The maximum atomic E-state index is 12.8. The number of aliphatic carboxylic acids is 1. The average molecular weight is 512 g/mol. The molecule has 0 radical (unpaired) electrons. The molecule has 0 spiro atoms. The van der Waals surface area contributed by atoms with Crippen LogP contribution in [-0.4, -0.2) is 39.2 Å². The number of hydrogen-bond acceptors (Lipinski definition) is 7. The standard InChI is InChI=1S/C24H24ClNO6S.Na/c25-19-3-1-2-18(14-19)23(27)15-26-13-12-17-4-8-21(9-5-17)33(30,31)22-10-6-20(7-11-22)32-16-24(28)29;/h1-11,14,23,26-27H,12-13,15-16H2,(H,28,29);/q;+1/p-1/t23-;/m0./s1. The van der Waals surface area contributed by atoms with Crippen molar-refractivity contribution in [2.24, 2.45) is 0 Å². The van der Waals surface area contributed by atoms with Crippen LogP contribution in [0.15, 0.2) is 82.6 Å². The van der Waals surface area contributed by atoms with Crippen molar-refractivity contribution in [3.63, 3.8) is 0 Å². The molecule has 7 nitrogen and oxygen atoms in total. The fourth-order valence-electron chi connectivity index (χ4n) is 3.13. The summed E-state index contributed by atoms with van der Waals surface area (Å²) in [6, 6.07) is 19.2. The van der Waals surface area contributed by atoms with Crippen LogP contribution in [0.5, 0.6) is 5.75 Å². The average Bonchev–Trinajstić information content (AvgIpc) is 2.81. The Balaban J connectivity index is 0.00000408. The molecule has 34 heavy (non-hydrogen) atoms. The number of aliphatic hydroxyl groups is 1. The Kier molecular flexibility index (Phi) is 11.0. The van der Waals surface area contributed by atoms with Crippen molar-refractivity contribution < 1.29 is 57.7 Å². The fraction of sp³-hybridized carbons (Fsp3) is 0.208. The van der Waals surface area contributed by atoms with Crippen molar-refractivity contribution in [2.75, 3.05) is 19.7 Å². The van der Waals surface area contributed by atoms with E-state index in [1.165, 1.54) is 24.3 Å². The summed E-state index contributed by atoms with van der Waals surface area (Å²) in [4.78, 5) is 10.7. The minimum absolute atomic E-state index is 0. The van der Waals surface area contributed by atoms with E-state index in [0.717, 1.165) is 11.1 Å². The Morgan fingerprint density at radius 2 is 1.65 bits per heavy atom. The van der Waals surface area contributed by atoms with Crippen molar-refractivity contribution in [3.05, 3.63) is 88.9 Å². The maximum absolute atomic E-state index is 12.8. The summed E-state index contributed by atoms with van der Waals surface area (Å²) in [6.07, 6.45) is -0.0126. The normalized spacial score (nSPS) is 11.9. The molecule has 0 amide bonds. The van der Waals surface area contributed by atoms with Gasteiger partial charge in [-0.25, -0.2) is 8.42 Å². The van der Waals surface area contributed by atoms with Crippen molar-refractivity contribution in [1.82, 2.24) is 5.32 Å². The Morgan fingerprint density at radius 3 is 2.24 bits per heavy atom. The summed E-state index contributed by atoms with van der Waals surface area (Å²) in [6.45, 7) is 0.370. The van der Waals surface area contributed by atoms with Crippen LogP contribution in [0.3, 0.4) is 0 Å². The summed E-state index contributed by atoms with van der Waals surface area (Å²) in [5, 5.41) is 24.4. The minimum atomic E-state index is -3.72. The van der Waals surface area contributed by atoms with Gasteiger partial charge in [0.15, 0.2) is 0 Å². The monoisotopic (exact) mass is 511 g/mol. The molecule has 0 aliphatic carbocycles. The molecule has 0 bridgehead atoms. The number of nitrogens with one attached hydrogen (secondary N) is 1. The Hall–Kier alpha value is -1.91. The van der Waals surface area contributed by atoms with Crippen molar-refractivity contribution in [1.29, 1.82) is 0 Å². The largest absolute Gasteiger partial charge is 1.00 e. The van der Waals surface area contributed by atoms with E-state index in [1.807, 2.05) is 6.07 Å². The van der Waals surface area contributed by atoms with Gasteiger partial charge in [-0.1, -0.05) is 35.9 Å². The van der Waals surface area contributed by atoms with E-state index >= 15 is 0 Å². The van der Waals surface area contributed by atoms with Gasteiger partial charge in [0, 0.05) is 11.6 Å². The summed E-state index contributed by atoms with van der Waals surface area (Å²) < 4.78 is 30.6. The van der Waals surface area contributed by atoms with Crippen LogP contribution in [0.2, 0.25) is 5.02 Å². The molecule has 0 aliphatic heterocycles. The molecule has 3 aromatic carbocycles.